The van der Waals surface area contributed by atoms with E-state index in [1.807, 2.05) is 6.07 Å². The van der Waals surface area contributed by atoms with Gasteiger partial charge < -0.3 is 11.1 Å². The number of rotatable bonds is 3. The molecule has 4 heteroatoms. The van der Waals surface area contributed by atoms with E-state index in [-0.39, 0.29) is 18.4 Å². The molecule has 0 aliphatic rings. The molecule has 1 rings (SSSR count). The first-order chi connectivity index (χ1) is 6.29. The van der Waals surface area contributed by atoms with Crippen molar-refractivity contribution in [2.24, 2.45) is 5.73 Å². The molecular formula is C9H13N3O. The van der Waals surface area contributed by atoms with E-state index in [4.69, 9.17) is 5.73 Å². The number of hydrogen-bond donors (Lipinski definition) is 2. The fraction of sp³-hybridized carbons (Fsp3) is 0.333. The third kappa shape index (κ3) is 2.26. The van der Waals surface area contributed by atoms with Crippen molar-refractivity contribution in [3.63, 3.8) is 0 Å². The fourth-order valence-electron chi connectivity index (χ4n) is 1.12. The van der Waals surface area contributed by atoms with E-state index >= 15 is 0 Å². The van der Waals surface area contributed by atoms with Crippen LogP contribution < -0.4 is 11.1 Å². The van der Waals surface area contributed by atoms with E-state index in [9.17, 15) is 4.79 Å². The molecule has 0 aliphatic heterocycles. The molecule has 70 valence electrons. The van der Waals surface area contributed by atoms with Crippen molar-refractivity contribution in [3.8, 4) is 0 Å². The lowest BCUT2D eigenvalue weighted by atomic mass is 10.0. The molecule has 1 heterocycles. The summed E-state index contributed by atoms with van der Waals surface area (Å²) in [5.74, 6) is -0.438. The lowest BCUT2D eigenvalue weighted by Crippen LogP contribution is -2.31. The van der Waals surface area contributed by atoms with Crippen LogP contribution in [0.4, 0.5) is 0 Å². The molecule has 0 spiro atoms. The van der Waals surface area contributed by atoms with Crippen LogP contribution in [0.2, 0.25) is 0 Å². The van der Waals surface area contributed by atoms with Gasteiger partial charge in [0.15, 0.2) is 0 Å². The minimum atomic E-state index is -0.341. The van der Waals surface area contributed by atoms with E-state index < -0.39 is 0 Å². The first-order valence-electron chi connectivity index (χ1n) is 4.12. The Morgan fingerprint density at radius 3 is 2.92 bits per heavy atom. The van der Waals surface area contributed by atoms with Gasteiger partial charge in [-0.15, -0.1) is 0 Å². The van der Waals surface area contributed by atoms with Gasteiger partial charge in [-0.3, -0.25) is 9.78 Å². The van der Waals surface area contributed by atoms with Gasteiger partial charge in [0.05, 0.1) is 11.6 Å². The molecule has 1 amide bonds. The number of hydrogen-bond acceptors (Lipinski definition) is 3. The third-order valence-electron chi connectivity index (χ3n) is 1.84. The number of aromatic nitrogens is 1. The van der Waals surface area contributed by atoms with E-state index in [1.165, 1.54) is 0 Å². The summed E-state index contributed by atoms with van der Waals surface area (Å²) in [5, 5.41) is 2.56. The molecule has 0 saturated heterocycles. The van der Waals surface area contributed by atoms with Crippen LogP contribution in [-0.4, -0.2) is 24.5 Å². The molecular weight excluding hydrogens is 166 g/mol. The van der Waals surface area contributed by atoms with Crippen LogP contribution in [0.5, 0.6) is 0 Å². The predicted octanol–water partition coefficient (Wildman–Crippen LogP) is -0.130. The molecule has 13 heavy (non-hydrogen) atoms. The predicted molar refractivity (Wildman–Crippen MR) is 50.1 cm³/mol. The lowest BCUT2D eigenvalue weighted by molar-refractivity contribution is -0.121. The van der Waals surface area contributed by atoms with Crippen LogP contribution in [0.25, 0.3) is 0 Å². The Morgan fingerprint density at radius 2 is 2.46 bits per heavy atom. The molecule has 3 N–H and O–H groups in total. The van der Waals surface area contributed by atoms with Crippen LogP contribution in [0, 0.1) is 0 Å². The van der Waals surface area contributed by atoms with Gasteiger partial charge in [0, 0.05) is 19.8 Å². The van der Waals surface area contributed by atoms with Gasteiger partial charge in [0.1, 0.15) is 0 Å². The zero-order valence-corrected chi connectivity index (χ0v) is 7.53. The summed E-state index contributed by atoms with van der Waals surface area (Å²) in [6.07, 6.45) is 1.65. The molecule has 0 saturated carbocycles. The second-order valence-electron chi connectivity index (χ2n) is 2.66. The number of nitrogens with zero attached hydrogens (tertiary/aromatic N) is 1. The molecule has 0 unspecified atom stereocenters. The normalized spacial score (nSPS) is 12.2. The third-order valence-corrected chi connectivity index (χ3v) is 1.84. The number of carbonyl (C=O) groups excluding carboxylic acids is 1. The summed E-state index contributed by atoms with van der Waals surface area (Å²) in [5.41, 5.74) is 6.19. The summed E-state index contributed by atoms with van der Waals surface area (Å²) in [6, 6.07) is 5.45. The summed E-state index contributed by atoms with van der Waals surface area (Å²) < 4.78 is 0. The van der Waals surface area contributed by atoms with Crippen LogP contribution in [0.15, 0.2) is 24.4 Å². The van der Waals surface area contributed by atoms with Gasteiger partial charge in [0.25, 0.3) is 0 Å². The second kappa shape index (κ2) is 4.57. The van der Waals surface area contributed by atoms with E-state index in [2.05, 4.69) is 10.3 Å². The Hall–Kier alpha value is -1.42. The SMILES string of the molecule is CNC(=O)[C@@H](CN)c1ccccn1. The van der Waals surface area contributed by atoms with Gasteiger partial charge in [0.2, 0.25) is 5.91 Å². The fourth-order valence-corrected chi connectivity index (χ4v) is 1.12. The average Bonchev–Trinajstić information content (AvgIpc) is 2.20. The summed E-state index contributed by atoms with van der Waals surface area (Å²) >= 11 is 0. The van der Waals surface area contributed by atoms with E-state index in [0.29, 0.717) is 5.69 Å². The van der Waals surface area contributed by atoms with Gasteiger partial charge in [-0.2, -0.15) is 0 Å². The smallest absolute Gasteiger partial charge is 0.230 e. The summed E-state index contributed by atoms with van der Waals surface area (Å²) in [4.78, 5) is 15.4. The van der Waals surface area contributed by atoms with Gasteiger partial charge >= 0.3 is 0 Å². The van der Waals surface area contributed by atoms with Crippen molar-refractivity contribution >= 4 is 5.91 Å². The molecule has 4 nitrogen and oxygen atoms in total. The molecule has 1 aromatic heterocycles. The number of nitrogens with two attached hydrogens (primary N) is 1. The molecule has 0 aliphatic carbocycles. The maximum atomic E-state index is 11.3. The Kier molecular flexibility index (Phi) is 3.40. The maximum absolute atomic E-state index is 11.3. The van der Waals surface area contributed by atoms with Gasteiger partial charge in [-0.05, 0) is 12.1 Å². The number of nitrogens with one attached hydrogen (secondary N) is 1. The van der Waals surface area contributed by atoms with E-state index in [1.54, 1.807) is 25.4 Å². The zero-order valence-electron chi connectivity index (χ0n) is 7.53. The number of likely N-dealkylation sites (N-methyl/N-ethyl adjacent to an activating group) is 1. The molecule has 0 bridgehead atoms. The monoisotopic (exact) mass is 179 g/mol. The Morgan fingerprint density at radius 1 is 1.69 bits per heavy atom. The minimum Gasteiger partial charge on any atom is -0.359 e. The highest BCUT2D eigenvalue weighted by molar-refractivity contribution is 5.83. The highest BCUT2D eigenvalue weighted by Crippen LogP contribution is 2.10. The highest BCUT2D eigenvalue weighted by atomic mass is 16.1. The van der Waals surface area contributed by atoms with Crippen LogP contribution in [-0.2, 0) is 4.79 Å². The van der Waals surface area contributed by atoms with Gasteiger partial charge in [-0.1, -0.05) is 6.07 Å². The molecule has 0 radical (unpaired) electrons. The van der Waals surface area contributed by atoms with Crippen LogP contribution in [0.3, 0.4) is 0 Å². The van der Waals surface area contributed by atoms with Crippen molar-refractivity contribution < 1.29 is 4.79 Å². The molecule has 0 fully saturated rings. The Balaban J connectivity index is 2.85. The minimum absolute atomic E-state index is 0.0961. The standard InChI is InChI=1S/C9H13N3O/c1-11-9(13)7(6-10)8-4-2-3-5-12-8/h2-5,7H,6,10H2,1H3,(H,11,13)/t7-/m0/s1. The first-order valence-corrected chi connectivity index (χ1v) is 4.12. The van der Waals surface area contributed by atoms with Crippen LogP contribution >= 0.6 is 0 Å². The van der Waals surface area contributed by atoms with Crippen molar-refractivity contribution in [2.45, 2.75) is 5.92 Å². The summed E-state index contributed by atoms with van der Waals surface area (Å²) in [6.45, 7) is 0.274. The van der Waals surface area contributed by atoms with Crippen molar-refractivity contribution in [1.82, 2.24) is 10.3 Å². The molecule has 1 atom stereocenters. The topological polar surface area (TPSA) is 68.0 Å². The Bertz CT molecular complexity index is 273. The average molecular weight is 179 g/mol. The van der Waals surface area contributed by atoms with Crippen molar-refractivity contribution in [2.75, 3.05) is 13.6 Å². The second-order valence-corrected chi connectivity index (χ2v) is 2.66. The Labute approximate surface area is 77.2 Å². The highest BCUT2D eigenvalue weighted by Gasteiger charge is 2.17. The number of carbonyl (C=O) groups is 1. The first kappa shape index (κ1) is 9.67. The largest absolute Gasteiger partial charge is 0.359 e. The molecule has 0 aromatic carbocycles. The molecule has 1 aromatic rings. The maximum Gasteiger partial charge on any atom is 0.230 e. The number of amides is 1. The number of pyridine rings is 1. The summed E-state index contributed by atoms with van der Waals surface area (Å²) in [7, 11) is 1.59. The quantitative estimate of drug-likeness (QED) is 0.679. The lowest BCUT2D eigenvalue weighted by Gasteiger charge is -2.11. The van der Waals surface area contributed by atoms with Crippen molar-refractivity contribution in [3.05, 3.63) is 30.1 Å². The van der Waals surface area contributed by atoms with E-state index in [0.717, 1.165) is 0 Å². The van der Waals surface area contributed by atoms with Crippen LogP contribution in [0.1, 0.15) is 11.6 Å². The van der Waals surface area contributed by atoms with Gasteiger partial charge in [-0.25, -0.2) is 0 Å². The van der Waals surface area contributed by atoms with Crippen molar-refractivity contribution in [1.29, 1.82) is 0 Å². The zero-order chi connectivity index (χ0) is 9.68.